The molecule has 0 bridgehead atoms. The number of nitrogens with zero attached hydrogens (tertiary/aromatic N) is 1. The molecule has 20 heavy (non-hydrogen) atoms. The number of nitrogens with two attached hydrogens (primary N) is 1. The van der Waals surface area contributed by atoms with Gasteiger partial charge in [-0.25, -0.2) is 4.79 Å². The molecule has 0 aliphatic heterocycles. The van der Waals surface area contributed by atoms with Gasteiger partial charge in [-0.05, 0) is 41.8 Å². The third kappa shape index (κ3) is 1.99. The van der Waals surface area contributed by atoms with Crippen molar-refractivity contribution in [2.24, 2.45) is 0 Å². The number of fused-ring (bicyclic) bond motifs is 1. The first kappa shape index (κ1) is 12.5. The van der Waals surface area contributed by atoms with E-state index in [1.807, 2.05) is 18.2 Å². The maximum Gasteiger partial charge on any atom is 0.331 e. The molecule has 4 heteroatoms. The average Bonchev–Trinajstić information content (AvgIpc) is 2.73. The van der Waals surface area contributed by atoms with Crippen LogP contribution in [0.1, 0.15) is 25.3 Å². The highest BCUT2D eigenvalue weighted by atomic mass is 16.1. The second-order valence-corrected chi connectivity index (χ2v) is 5.29. The Balaban J connectivity index is 2.19. The van der Waals surface area contributed by atoms with E-state index in [-0.39, 0.29) is 5.69 Å². The predicted molar refractivity (Wildman–Crippen MR) is 82.4 cm³/mol. The minimum Gasteiger partial charge on any atom is -0.399 e. The number of benzene rings is 2. The SMILES string of the molecule is CC(C)c1ccc(-n2c(=O)[nH]c3cc(N)ccc32)cc1. The molecule has 0 spiro atoms. The van der Waals surface area contributed by atoms with Crippen molar-refractivity contribution in [2.75, 3.05) is 5.73 Å². The fourth-order valence-corrected chi connectivity index (χ4v) is 2.39. The summed E-state index contributed by atoms with van der Waals surface area (Å²) in [5, 5.41) is 0. The van der Waals surface area contributed by atoms with Gasteiger partial charge < -0.3 is 10.7 Å². The van der Waals surface area contributed by atoms with E-state index in [4.69, 9.17) is 5.73 Å². The molecule has 1 heterocycles. The molecule has 3 N–H and O–H groups in total. The van der Waals surface area contributed by atoms with E-state index in [9.17, 15) is 4.79 Å². The summed E-state index contributed by atoms with van der Waals surface area (Å²) in [6, 6.07) is 13.5. The van der Waals surface area contributed by atoms with Gasteiger partial charge >= 0.3 is 5.69 Å². The monoisotopic (exact) mass is 267 g/mol. The van der Waals surface area contributed by atoms with Crippen LogP contribution in [0.5, 0.6) is 0 Å². The number of nitrogens with one attached hydrogen (secondary N) is 1. The standard InChI is InChI=1S/C16H17N3O/c1-10(2)11-3-6-13(7-4-11)19-15-8-5-12(17)9-14(15)18-16(19)20/h3-10H,17H2,1-2H3,(H,18,20). The van der Waals surface area contributed by atoms with Gasteiger partial charge in [-0.15, -0.1) is 0 Å². The van der Waals surface area contributed by atoms with Crippen LogP contribution in [0.3, 0.4) is 0 Å². The van der Waals surface area contributed by atoms with Crippen LogP contribution in [-0.4, -0.2) is 9.55 Å². The average molecular weight is 267 g/mol. The number of nitrogen functional groups attached to an aromatic ring is 1. The Hall–Kier alpha value is -2.49. The third-order valence-corrected chi connectivity index (χ3v) is 3.52. The highest BCUT2D eigenvalue weighted by molar-refractivity contribution is 5.80. The molecule has 1 aromatic heterocycles. The smallest absolute Gasteiger partial charge is 0.331 e. The number of anilines is 1. The van der Waals surface area contributed by atoms with Gasteiger partial charge in [0.2, 0.25) is 0 Å². The molecule has 0 aliphatic carbocycles. The molecule has 3 aromatic rings. The van der Waals surface area contributed by atoms with Gasteiger partial charge in [0.1, 0.15) is 0 Å². The molecule has 0 amide bonds. The highest BCUT2D eigenvalue weighted by Gasteiger charge is 2.09. The van der Waals surface area contributed by atoms with Gasteiger partial charge in [0.05, 0.1) is 16.7 Å². The van der Waals surface area contributed by atoms with Crippen LogP contribution < -0.4 is 11.4 Å². The lowest BCUT2D eigenvalue weighted by Gasteiger charge is -2.08. The number of hydrogen-bond acceptors (Lipinski definition) is 2. The number of aromatic nitrogens is 2. The Kier molecular flexibility index (Phi) is 2.86. The Bertz CT molecular complexity index is 810. The Morgan fingerprint density at radius 1 is 1.10 bits per heavy atom. The van der Waals surface area contributed by atoms with Crippen LogP contribution >= 0.6 is 0 Å². The molecule has 0 fully saturated rings. The minimum atomic E-state index is -0.150. The van der Waals surface area contributed by atoms with Crippen molar-refractivity contribution in [1.82, 2.24) is 9.55 Å². The number of rotatable bonds is 2. The summed E-state index contributed by atoms with van der Waals surface area (Å²) < 4.78 is 1.67. The maximum atomic E-state index is 12.1. The van der Waals surface area contributed by atoms with Gasteiger partial charge in [-0.3, -0.25) is 4.57 Å². The van der Waals surface area contributed by atoms with Crippen molar-refractivity contribution in [1.29, 1.82) is 0 Å². The van der Waals surface area contributed by atoms with Crippen LogP contribution in [-0.2, 0) is 0 Å². The van der Waals surface area contributed by atoms with Crippen LogP contribution in [0.25, 0.3) is 16.7 Å². The molecule has 0 saturated heterocycles. The summed E-state index contributed by atoms with van der Waals surface area (Å²) in [5.74, 6) is 0.475. The molecule has 0 unspecified atom stereocenters. The van der Waals surface area contributed by atoms with E-state index in [0.29, 0.717) is 11.6 Å². The Labute approximate surface area is 116 Å². The lowest BCUT2D eigenvalue weighted by Crippen LogP contribution is -2.14. The zero-order valence-corrected chi connectivity index (χ0v) is 11.6. The molecule has 0 aliphatic rings. The molecule has 0 saturated carbocycles. The molecular formula is C16H17N3O. The molecule has 102 valence electrons. The topological polar surface area (TPSA) is 63.8 Å². The van der Waals surface area contributed by atoms with Gasteiger partial charge in [-0.2, -0.15) is 0 Å². The number of hydrogen-bond donors (Lipinski definition) is 2. The van der Waals surface area contributed by atoms with Crippen molar-refractivity contribution in [3.63, 3.8) is 0 Å². The lowest BCUT2D eigenvalue weighted by molar-refractivity contribution is 0.865. The van der Waals surface area contributed by atoms with E-state index >= 15 is 0 Å². The van der Waals surface area contributed by atoms with Crippen LogP contribution in [0.2, 0.25) is 0 Å². The first-order chi connectivity index (χ1) is 9.56. The Morgan fingerprint density at radius 3 is 2.45 bits per heavy atom. The van der Waals surface area contributed by atoms with Crippen LogP contribution in [0.15, 0.2) is 47.3 Å². The fourth-order valence-electron chi connectivity index (χ4n) is 2.39. The van der Waals surface area contributed by atoms with Gasteiger partial charge in [0.15, 0.2) is 0 Å². The first-order valence-corrected chi connectivity index (χ1v) is 6.67. The first-order valence-electron chi connectivity index (χ1n) is 6.67. The van der Waals surface area contributed by atoms with Crippen molar-refractivity contribution >= 4 is 16.7 Å². The van der Waals surface area contributed by atoms with Crippen LogP contribution in [0, 0.1) is 0 Å². The number of H-pyrrole nitrogens is 1. The van der Waals surface area contributed by atoms with Crippen molar-refractivity contribution in [3.05, 3.63) is 58.5 Å². The van der Waals surface area contributed by atoms with E-state index in [2.05, 4.69) is 31.0 Å². The predicted octanol–water partition coefficient (Wildman–Crippen LogP) is 3.02. The van der Waals surface area contributed by atoms with E-state index < -0.39 is 0 Å². The van der Waals surface area contributed by atoms with Crippen LogP contribution in [0.4, 0.5) is 5.69 Å². The van der Waals surface area contributed by atoms with E-state index in [1.54, 1.807) is 16.7 Å². The third-order valence-electron chi connectivity index (χ3n) is 3.52. The van der Waals surface area contributed by atoms with Gasteiger partial charge in [0, 0.05) is 5.69 Å². The second kappa shape index (κ2) is 4.56. The molecule has 4 nitrogen and oxygen atoms in total. The molecular weight excluding hydrogens is 250 g/mol. The summed E-state index contributed by atoms with van der Waals surface area (Å²) in [7, 11) is 0. The van der Waals surface area contributed by atoms with E-state index in [1.165, 1.54) is 5.56 Å². The second-order valence-electron chi connectivity index (χ2n) is 5.29. The molecule has 0 atom stereocenters. The summed E-state index contributed by atoms with van der Waals surface area (Å²) in [4.78, 5) is 15.0. The van der Waals surface area contributed by atoms with Crippen molar-refractivity contribution < 1.29 is 0 Å². The zero-order valence-electron chi connectivity index (χ0n) is 11.6. The minimum absolute atomic E-state index is 0.150. The normalized spacial score (nSPS) is 11.3. The van der Waals surface area contributed by atoms with Gasteiger partial charge in [-0.1, -0.05) is 26.0 Å². The number of aromatic amines is 1. The molecule has 3 rings (SSSR count). The highest BCUT2D eigenvalue weighted by Crippen LogP contribution is 2.20. The summed E-state index contributed by atoms with van der Waals surface area (Å²) >= 11 is 0. The fraction of sp³-hybridized carbons (Fsp3) is 0.188. The molecule has 2 aromatic carbocycles. The molecule has 0 radical (unpaired) electrons. The summed E-state index contributed by atoms with van der Waals surface area (Å²) in [6.45, 7) is 4.30. The largest absolute Gasteiger partial charge is 0.399 e. The summed E-state index contributed by atoms with van der Waals surface area (Å²) in [5.41, 5.74) is 9.93. The maximum absolute atomic E-state index is 12.1. The summed E-state index contributed by atoms with van der Waals surface area (Å²) in [6.07, 6.45) is 0. The van der Waals surface area contributed by atoms with Crippen molar-refractivity contribution in [3.8, 4) is 5.69 Å². The lowest BCUT2D eigenvalue weighted by atomic mass is 10.0. The quantitative estimate of drug-likeness (QED) is 0.701. The van der Waals surface area contributed by atoms with Crippen molar-refractivity contribution in [2.45, 2.75) is 19.8 Å². The van der Waals surface area contributed by atoms with Gasteiger partial charge in [0.25, 0.3) is 0 Å². The Morgan fingerprint density at radius 2 is 1.80 bits per heavy atom. The number of imidazole rings is 1. The van der Waals surface area contributed by atoms with E-state index in [0.717, 1.165) is 16.7 Å². The zero-order chi connectivity index (χ0) is 14.3.